The zero-order chi connectivity index (χ0) is 23.9. The Bertz CT molecular complexity index is 1300. The first kappa shape index (κ1) is 23.2. The number of carbonyl (C=O) groups excluding carboxylic acids is 2. The maximum Gasteiger partial charge on any atom is 0.349 e. The van der Waals surface area contributed by atoms with Crippen LogP contribution < -0.4 is 10.9 Å². The number of ether oxygens (including phenoxy) is 1. The molecule has 0 aliphatic carbocycles. The molecule has 33 heavy (non-hydrogen) atoms. The number of fused-ring (bicyclic) bond motifs is 2. The lowest BCUT2D eigenvalue weighted by molar-refractivity contribution is -0.123. The zero-order valence-corrected chi connectivity index (χ0v) is 20.5. The monoisotopic (exact) mass is 467 g/mol. The first-order valence-electron chi connectivity index (χ1n) is 11.3. The van der Waals surface area contributed by atoms with Crippen LogP contribution in [0.25, 0.3) is 10.2 Å². The van der Waals surface area contributed by atoms with Gasteiger partial charge in [0.1, 0.15) is 15.5 Å². The summed E-state index contributed by atoms with van der Waals surface area (Å²) in [5.41, 5.74) is 4.21. The molecule has 0 spiro atoms. The molecule has 3 heterocycles. The van der Waals surface area contributed by atoms with Crippen LogP contribution in [0.1, 0.15) is 63.9 Å². The van der Waals surface area contributed by atoms with Gasteiger partial charge in [-0.1, -0.05) is 24.1 Å². The molecule has 4 rings (SSSR count). The van der Waals surface area contributed by atoms with Gasteiger partial charge >= 0.3 is 5.97 Å². The number of thiophene rings is 1. The first-order chi connectivity index (χ1) is 15.7. The van der Waals surface area contributed by atoms with Crippen LogP contribution in [0.2, 0.25) is 0 Å². The first-order valence-corrected chi connectivity index (χ1v) is 12.1. The summed E-state index contributed by atoms with van der Waals surface area (Å²) in [6.45, 7) is 9.80. The van der Waals surface area contributed by atoms with E-state index in [1.807, 2.05) is 32.9 Å². The van der Waals surface area contributed by atoms with Gasteiger partial charge in [-0.15, -0.1) is 11.3 Å². The summed E-state index contributed by atoms with van der Waals surface area (Å²) in [5, 5.41) is 3.35. The highest BCUT2D eigenvalue weighted by Gasteiger charge is 2.26. The van der Waals surface area contributed by atoms with Crippen LogP contribution in [0.3, 0.4) is 0 Å². The average Bonchev–Trinajstić information content (AvgIpc) is 2.92. The third kappa shape index (κ3) is 4.44. The molecule has 0 bridgehead atoms. The third-order valence-electron chi connectivity index (χ3n) is 6.18. The van der Waals surface area contributed by atoms with Crippen molar-refractivity contribution in [3.05, 3.63) is 55.4 Å². The molecular weight excluding hydrogens is 438 g/mol. The number of amides is 1. The van der Waals surface area contributed by atoms with Gasteiger partial charge in [0.05, 0.1) is 5.39 Å². The normalized spacial score (nSPS) is 14.5. The Morgan fingerprint density at radius 3 is 2.52 bits per heavy atom. The van der Waals surface area contributed by atoms with Gasteiger partial charge in [-0.05, 0) is 64.2 Å². The SMILES string of the molecule is Cc1cc(C)c(NC(=O)C(C)OC(=O)c2sc3nc4n(c(=O)c3c2C)CCCCC4)c(C)c1. The van der Waals surface area contributed by atoms with Crippen LogP contribution in [0, 0.1) is 27.7 Å². The zero-order valence-electron chi connectivity index (χ0n) is 19.7. The van der Waals surface area contributed by atoms with E-state index in [-0.39, 0.29) is 5.56 Å². The molecule has 1 N–H and O–H groups in total. The average molecular weight is 468 g/mol. The van der Waals surface area contributed by atoms with Crippen molar-refractivity contribution < 1.29 is 14.3 Å². The lowest BCUT2D eigenvalue weighted by Crippen LogP contribution is -2.30. The van der Waals surface area contributed by atoms with E-state index in [2.05, 4.69) is 5.32 Å². The summed E-state index contributed by atoms with van der Waals surface area (Å²) in [6, 6.07) is 3.99. The number of aromatic nitrogens is 2. The van der Waals surface area contributed by atoms with Gasteiger partial charge < -0.3 is 10.1 Å². The Morgan fingerprint density at radius 1 is 1.12 bits per heavy atom. The molecule has 1 atom stereocenters. The fourth-order valence-corrected chi connectivity index (χ4v) is 5.55. The van der Waals surface area contributed by atoms with Crippen molar-refractivity contribution in [3.63, 3.8) is 0 Å². The van der Waals surface area contributed by atoms with Gasteiger partial charge in [-0.2, -0.15) is 0 Å². The molecule has 0 radical (unpaired) electrons. The summed E-state index contributed by atoms with van der Waals surface area (Å²) >= 11 is 1.16. The largest absolute Gasteiger partial charge is 0.448 e. The quantitative estimate of drug-likeness (QED) is 0.566. The highest BCUT2D eigenvalue weighted by atomic mass is 32.1. The van der Waals surface area contributed by atoms with Gasteiger partial charge in [0.25, 0.3) is 11.5 Å². The number of nitrogens with zero attached hydrogens (tertiary/aromatic N) is 2. The van der Waals surface area contributed by atoms with Crippen LogP contribution in [0.15, 0.2) is 16.9 Å². The van der Waals surface area contributed by atoms with Crippen LogP contribution in [-0.2, 0) is 22.5 Å². The van der Waals surface area contributed by atoms with Gasteiger partial charge in [-0.3, -0.25) is 14.2 Å². The number of nitrogens with one attached hydrogen (secondary N) is 1. The second-order valence-corrected chi connectivity index (χ2v) is 9.84. The maximum absolute atomic E-state index is 13.1. The molecule has 1 unspecified atom stereocenters. The number of benzene rings is 1. The molecule has 174 valence electrons. The number of carbonyl (C=O) groups is 2. The van der Waals surface area contributed by atoms with Gasteiger partial charge in [-0.25, -0.2) is 9.78 Å². The molecule has 2 aromatic heterocycles. The molecule has 3 aromatic rings. The minimum atomic E-state index is -0.993. The highest BCUT2D eigenvalue weighted by Crippen LogP contribution is 2.29. The summed E-state index contributed by atoms with van der Waals surface area (Å²) in [6.07, 6.45) is 2.80. The molecule has 0 fully saturated rings. The topological polar surface area (TPSA) is 90.3 Å². The summed E-state index contributed by atoms with van der Waals surface area (Å²) in [5.74, 6) is -0.236. The molecule has 7 nitrogen and oxygen atoms in total. The van der Waals surface area contributed by atoms with E-state index >= 15 is 0 Å². The molecule has 1 aliphatic heterocycles. The van der Waals surface area contributed by atoms with Crippen LogP contribution >= 0.6 is 11.3 Å². The Balaban J connectivity index is 1.56. The fraction of sp³-hybridized carbons (Fsp3) is 0.440. The molecule has 0 saturated heterocycles. The highest BCUT2D eigenvalue weighted by molar-refractivity contribution is 7.20. The van der Waals surface area contributed by atoms with Gasteiger partial charge in [0, 0.05) is 18.7 Å². The van der Waals surface area contributed by atoms with Crippen molar-refractivity contribution in [2.45, 2.75) is 73.0 Å². The van der Waals surface area contributed by atoms with Crippen LogP contribution in [0.5, 0.6) is 0 Å². The molecule has 8 heteroatoms. The summed E-state index contributed by atoms with van der Waals surface area (Å²) in [4.78, 5) is 44.4. The van der Waals surface area contributed by atoms with E-state index in [1.54, 1.807) is 18.4 Å². The Kier molecular flexibility index (Phi) is 6.38. The third-order valence-corrected chi connectivity index (χ3v) is 7.34. The summed E-state index contributed by atoms with van der Waals surface area (Å²) in [7, 11) is 0. The van der Waals surface area contributed by atoms with E-state index in [1.165, 1.54) is 0 Å². The predicted octanol–water partition coefficient (Wildman–Crippen LogP) is 4.60. The standard InChI is InChI=1S/C25H29N3O4S/c1-13-11-14(2)20(15(3)12-13)27-22(29)17(5)32-25(31)21-16(4)19-23(33-21)26-18-9-7-6-8-10-28(18)24(19)30/h11-12,17H,6-10H2,1-5H3,(H,27,29). The number of anilines is 1. The fourth-order valence-electron chi connectivity index (χ4n) is 4.47. The van der Waals surface area contributed by atoms with Crippen molar-refractivity contribution in [2.75, 3.05) is 5.32 Å². The number of rotatable bonds is 4. The van der Waals surface area contributed by atoms with E-state index in [4.69, 9.17) is 9.72 Å². The molecular formula is C25H29N3O4S. The lowest BCUT2D eigenvalue weighted by Gasteiger charge is -2.16. The maximum atomic E-state index is 13.1. The number of hydrogen-bond donors (Lipinski definition) is 1. The Hall–Kier alpha value is -3.00. The molecule has 0 saturated carbocycles. The predicted molar refractivity (Wildman–Crippen MR) is 130 cm³/mol. The number of esters is 1. The number of hydrogen-bond acceptors (Lipinski definition) is 6. The number of aryl methyl sites for hydroxylation is 5. The summed E-state index contributed by atoms with van der Waals surface area (Å²) < 4.78 is 7.23. The van der Waals surface area contributed by atoms with Crippen molar-refractivity contribution in [1.82, 2.24) is 9.55 Å². The minimum Gasteiger partial charge on any atom is -0.448 e. The van der Waals surface area contributed by atoms with Crippen molar-refractivity contribution in [2.24, 2.45) is 0 Å². The second-order valence-electron chi connectivity index (χ2n) is 8.84. The molecule has 1 aromatic carbocycles. The van der Waals surface area contributed by atoms with E-state index in [0.717, 1.165) is 65.2 Å². The molecule has 1 amide bonds. The van der Waals surface area contributed by atoms with Gasteiger partial charge in [0.15, 0.2) is 6.10 Å². The smallest absolute Gasteiger partial charge is 0.349 e. The van der Waals surface area contributed by atoms with E-state index in [0.29, 0.717) is 27.2 Å². The van der Waals surface area contributed by atoms with E-state index < -0.39 is 18.0 Å². The Labute approximate surface area is 196 Å². The van der Waals surface area contributed by atoms with Gasteiger partial charge in [0.2, 0.25) is 0 Å². The lowest BCUT2D eigenvalue weighted by atomic mass is 10.0. The van der Waals surface area contributed by atoms with Crippen molar-refractivity contribution in [3.8, 4) is 0 Å². The van der Waals surface area contributed by atoms with E-state index in [9.17, 15) is 14.4 Å². The molecule has 1 aliphatic rings. The van der Waals surface area contributed by atoms with Crippen LogP contribution in [-0.4, -0.2) is 27.5 Å². The van der Waals surface area contributed by atoms with Crippen molar-refractivity contribution in [1.29, 1.82) is 0 Å². The van der Waals surface area contributed by atoms with Crippen LogP contribution in [0.4, 0.5) is 5.69 Å². The Morgan fingerprint density at radius 2 is 1.82 bits per heavy atom. The van der Waals surface area contributed by atoms with Crippen molar-refractivity contribution >= 4 is 39.1 Å². The minimum absolute atomic E-state index is 0.0965. The second kappa shape index (κ2) is 9.09.